The molecule has 0 radical (unpaired) electrons. The van der Waals surface area contributed by atoms with E-state index in [0.29, 0.717) is 5.75 Å². The van der Waals surface area contributed by atoms with Crippen molar-refractivity contribution < 1.29 is 9.53 Å². The molecule has 0 aliphatic heterocycles. The molecule has 1 aromatic heterocycles. The van der Waals surface area contributed by atoms with Gasteiger partial charge in [0.25, 0.3) is 5.91 Å². The highest BCUT2D eigenvalue weighted by Crippen LogP contribution is 2.19. The zero-order valence-electron chi connectivity index (χ0n) is 13.3. The predicted molar refractivity (Wildman–Crippen MR) is 106 cm³/mol. The molecule has 1 N–H and O–H groups in total. The fraction of sp³-hybridized carbons (Fsp3) is 0.0526. The Labute approximate surface area is 159 Å². The molecule has 0 aliphatic rings. The number of nitrogens with zero attached hydrogens (tertiary/aromatic N) is 2. The van der Waals surface area contributed by atoms with Crippen LogP contribution < -0.4 is 10.2 Å². The topological polar surface area (TPSA) is 55.6 Å². The van der Waals surface area contributed by atoms with Crippen molar-refractivity contribution in [2.75, 3.05) is 6.61 Å². The molecule has 0 atom stereocenters. The zero-order valence-corrected chi connectivity index (χ0v) is 15.5. The minimum absolute atomic E-state index is 0.0863. The van der Waals surface area contributed by atoms with Gasteiger partial charge in [-0.1, -0.05) is 30.3 Å². The van der Waals surface area contributed by atoms with Crippen molar-refractivity contribution in [2.24, 2.45) is 5.10 Å². The predicted octanol–water partition coefficient (Wildman–Crippen LogP) is 3.61. The van der Waals surface area contributed by atoms with E-state index in [9.17, 15) is 4.79 Å². The zero-order chi connectivity index (χ0) is 17.5. The molecule has 0 fully saturated rings. The van der Waals surface area contributed by atoms with Crippen LogP contribution in [0.1, 0.15) is 5.69 Å². The molecule has 5 nitrogen and oxygen atoms in total. The Bertz CT molecular complexity index is 875. The van der Waals surface area contributed by atoms with Gasteiger partial charge < -0.3 is 9.30 Å². The van der Waals surface area contributed by atoms with Gasteiger partial charge in [-0.05, 0) is 59.0 Å². The number of halogens is 1. The Hall–Kier alpha value is -2.61. The number of aromatic nitrogens is 1. The van der Waals surface area contributed by atoms with E-state index >= 15 is 0 Å². The largest absolute Gasteiger partial charge is 0.483 e. The summed E-state index contributed by atoms with van der Waals surface area (Å²) in [5.41, 5.74) is 4.37. The van der Waals surface area contributed by atoms with Crippen molar-refractivity contribution in [3.63, 3.8) is 0 Å². The number of benzene rings is 2. The Morgan fingerprint density at radius 2 is 1.84 bits per heavy atom. The highest BCUT2D eigenvalue weighted by atomic mass is 127. The summed E-state index contributed by atoms with van der Waals surface area (Å²) in [5, 5.41) is 4.01. The van der Waals surface area contributed by atoms with E-state index in [1.807, 2.05) is 77.5 Å². The number of nitrogens with one attached hydrogen (secondary N) is 1. The standard InChI is InChI=1S/C19H16IN3O2/c20-17-10-4-5-11-18(17)25-14-19(24)22-21-13-16-9-6-12-23(16)15-7-2-1-3-8-15/h1-13H,14H2,(H,22,24)/b21-13+. The Morgan fingerprint density at radius 3 is 2.64 bits per heavy atom. The molecular formula is C19H16IN3O2. The summed E-state index contributed by atoms with van der Waals surface area (Å²) in [5.74, 6) is 0.369. The first kappa shape index (κ1) is 17.2. The van der Waals surface area contributed by atoms with Crippen molar-refractivity contribution >= 4 is 34.7 Å². The number of carbonyl (C=O) groups excluding carboxylic acids is 1. The van der Waals surface area contributed by atoms with Gasteiger partial charge in [0, 0.05) is 11.9 Å². The van der Waals surface area contributed by atoms with Crippen LogP contribution >= 0.6 is 22.6 Å². The van der Waals surface area contributed by atoms with Crippen LogP contribution in [0.15, 0.2) is 78.0 Å². The van der Waals surface area contributed by atoms with E-state index in [1.165, 1.54) is 0 Å². The van der Waals surface area contributed by atoms with Gasteiger partial charge in [0.2, 0.25) is 0 Å². The number of amides is 1. The summed E-state index contributed by atoms with van der Waals surface area (Å²) in [7, 11) is 0. The number of carbonyl (C=O) groups is 1. The minimum atomic E-state index is -0.311. The second-order valence-electron chi connectivity index (χ2n) is 5.15. The summed E-state index contributed by atoms with van der Waals surface area (Å²) < 4.78 is 8.42. The second kappa shape index (κ2) is 8.48. The quantitative estimate of drug-likeness (QED) is 0.358. The average molecular weight is 445 g/mol. The minimum Gasteiger partial charge on any atom is -0.483 e. The number of para-hydroxylation sites is 2. The van der Waals surface area contributed by atoms with Gasteiger partial charge >= 0.3 is 0 Å². The third-order valence-corrected chi connectivity index (χ3v) is 4.29. The number of hydrazone groups is 1. The second-order valence-corrected chi connectivity index (χ2v) is 6.31. The molecule has 1 amide bonds. The van der Waals surface area contributed by atoms with Crippen molar-refractivity contribution in [3.8, 4) is 11.4 Å². The number of hydrogen-bond acceptors (Lipinski definition) is 3. The lowest BCUT2D eigenvalue weighted by Gasteiger charge is -2.07. The number of ether oxygens (including phenoxy) is 1. The molecule has 0 aliphatic carbocycles. The van der Waals surface area contributed by atoms with E-state index < -0.39 is 0 Å². The van der Waals surface area contributed by atoms with E-state index in [1.54, 1.807) is 6.21 Å². The SMILES string of the molecule is O=C(COc1ccccc1I)N/N=C/c1cccn1-c1ccccc1. The number of rotatable bonds is 6. The average Bonchev–Trinajstić information content (AvgIpc) is 3.10. The van der Waals surface area contributed by atoms with Crippen LogP contribution in [0.4, 0.5) is 0 Å². The molecule has 0 unspecified atom stereocenters. The molecule has 25 heavy (non-hydrogen) atoms. The molecular weight excluding hydrogens is 429 g/mol. The monoisotopic (exact) mass is 445 g/mol. The van der Waals surface area contributed by atoms with E-state index in [2.05, 4.69) is 33.1 Å². The van der Waals surface area contributed by atoms with Crippen LogP contribution in [0.25, 0.3) is 5.69 Å². The van der Waals surface area contributed by atoms with E-state index in [0.717, 1.165) is 15.0 Å². The fourth-order valence-corrected chi connectivity index (χ4v) is 2.77. The van der Waals surface area contributed by atoms with Crippen LogP contribution in [-0.2, 0) is 4.79 Å². The summed E-state index contributed by atoms with van der Waals surface area (Å²) in [6, 6.07) is 21.3. The molecule has 3 aromatic rings. The molecule has 0 saturated carbocycles. The van der Waals surface area contributed by atoms with Crippen LogP contribution in [0.5, 0.6) is 5.75 Å². The maximum Gasteiger partial charge on any atom is 0.277 e. The van der Waals surface area contributed by atoms with Gasteiger partial charge in [-0.3, -0.25) is 4.79 Å². The van der Waals surface area contributed by atoms with Gasteiger partial charge in [0.1, 0.15) is 5.75 Å². The highest BCUT2D eigenvalue weighted by molar-refractivity contribution is 14.1. The summed E-state index contributed by atoms with van der Waals surface area (Å²) in [6.45, 7) is -0.0863. The summed E-state index contributed by atoms with van der Waals surface area (Å²) in [4.78, 5) is 11.9. The van der Waals surface area contributed by atoms with Crippen molar-refractivity contribution in [1.82, 2.24) is 9.99 Å². The van der Waals surface area contributed by atoms with Crippen molar-refractivity contribution in [1.29, 1.82) is 0 Å². The molecule has 0 bridgehead atoms. The van der Waals surface area contributed by atoms with Crippen molar-refractivity contribution in [2.45, 2.75) is 0 Å². The van der Waals surface area contributed by atoms with Crippen LogP contribution in [0, 0.1) is 3.57 Å². The van der Waals surface area contributed by atoms with Gasteiger partial charge in [0.15, 0.2) is 6.61 Å². The molecule has 2 aromatic carbocycles. The summed E-state index contributed by atoms with van der Waals surface area (Å²) in [6.07, 6.45) is 3.55. The molecule has 126 valence electrons. The molecule has 0 spiro atoms. The number of hydrogen-bond donors (Lipinski definition) is 1. The lowest BCUT2D eigenvalue weighted by Crippen LogP contribution is -2.24. The van der Waals surface area contributed by atoms with Crippen molar-refractivity contribution in [3.05, 3.63) is 82.2 Å². The molecule has 3 rings (SSSR count). The van der Waals surface area contributed by atoms with Gasteiger partial charge in [-0.15, -0.1) is 0 Å². The third-order valence-electron chi connectivity index (χ3n) is 3.40. The van der Waals surface area contributed by atoms with Gasteiger partial charge in [-0.25, -0.2) is 5.43 Å². The molecule has 6 heteroatoms. The normalized spacial score (nSPS) is 10.8. The Balaban J connectivity index is 1.56. The van der Waals surface area contributed by atoms with Crippen LogP contribution in [-0.4, -0.2) is 23.3 Å². The van der Waals surface area contributed by atoms with Gasteiger partial charge in [-0.2, -0.15) is 5.10 Å². The lowest BCUT2D eigenvalue weighted by atomic mass is 10.3. The first-order chi connectivity index (χ1) is 12.2. The third kappa shape index (κ3) is 4.69. The Morgan fingerprint density at radius 1 is 1.08 bits per heavy atom. The van der Waals surface area contributed by atoms with E-state index in [-0.39, 0.29) is 12.5 Å². The molecule has 0 saturated heterocycles. The van der Waals surface area contributed by atoms with Gasteiger partial charge in [0.05, 0.1) is 15.5 Å². The highest BCUT2D eigenvalue weighted by Gasteiger charge is 2.04. The fourth-order valence-electron chi connectivity index (χ4n) is 2.23. The Kier molecular flexibility index (Phi) is 5.84. The lowest BCUT2D eigenvalue weighted by molar-refractivity contribution is -0.123. The molecule has 1 heterocycles. The van der Waals surface area contributed by atoms with E-state index in [4.69, 9.17) is 4.74 Å². The van der Waals surface area contributed by atoms with Crippen LogP contribution in [0.3, 0.4) is 0 Å². The smallest absolute Gasteiger partial charge is 0.277 e. The van der Waals surface area contributed by atoms with Crippen LogP contribution in [0.2, 0.25) is 0 Å². The maximum absolute atomic E-state index is 11.9. The first-order valence-corrected chi connectivity index (χ1v) is 8.74. The summed E-state index contributed by atoms with van der Waals surface area (Å²) >= 11 is 2.16. The first-order valence-electron chi connectivity index (χ1n) is 7.66. The maximum atomic E-state index is 11.9.